The van der Waals surface area contributed by atoms with Gasteiger partial charge in [-0.05, 0) is 0 Å². The Hall–Kier alpha value is -1.73. The van der Waals surface area contributed by atoms with Crippen molar-refractivity contribution in [2.75, 3.05) is 18.6 Å². The number of aromatic amines is 1. The average Bonchev–Trinajstić information content (AvgIpc) is 2.83. The lowest BCUT2D eigenvalue weighted by Crippen LogP contribution is -2.22. The third kappa shape index (κ3) is 4.15. The number of sulfone groups is 1. The molecule has 0 bridgehead atoms. The fourth-order valence-electron chi connectivity index (χ4n) is 1.67. The van der Waals surface area contributed by atoms with Crippen LogP contribution < -0.4 is 5.32 Å². The molecule has 0 spiro atoms. The number of rotatable bonds is 6. The van der Waals surface area contributed by atoms with Gasteiger partial charge in [-0.3, -0.25) is 0 Å². The number of benzene rings is 1. The molecule has 6 nitrogen and oxygen atoms in total. The van der Waals surface area contributed by atoms with Gasteiger partial charge in [0.15, 0.2) is 0 Å². The molecule has 1 aromatic heterocycles. The van der Waals surface area contributed by atoms with Crippen molar-refractivity contribution < 1.29 is 8.42 Å². The molecule has 0 fully saturated rings. The molecule has 0 aliphatic rings. The van der Waals surface area contributed by atoms with Gasteiger partial charge in [0.25, 0.3) is 0 Å². The Morgan fingerprint density at radius 2 is 1.95 bits per heavy atom. The number of H-pyrrole nitrogens is 1. The summed E-state index contributed by atoms with van der Waals surface area (Å²) in [4.78, 5) is 0. The van der Waals surface area contributed by atoms with Crippen molar-refractivity contribution in [2.45, 2.75) is 6.54 Å². The summed E-state index contributed by atoms with van der Waals surface area (Å²) in [5.41, 5.74) is 2.54. The van der Waals surface area contributed by atoms with E-state index < -0.39 is 9.84 Å². The van der Waals surface area contributed by atoms with Gasteiger partial charge in [-0.1, -0.05) is 30.3 Å². The van der Waals surface area contributed by atoms with Crippen molar-refractivity contribution >= 4 is 9.84 Å². The summed E-state index contributed by atoms with van der Waals surface area (Å²) in [6, 6.07) is 9.72. The van der Waals surface area contributed by atoms with Crippen LogP contribution in [0.1, 0.15) is 5.69 Å². The number of hydrogen-bond donors (Lipinski definition) is 2. The van der Waals surface area contributed by atoms with Crippen LogP contribution in [-0.2, 0) is 16.4 Å². The highest BCUT2D eigenvalue weighted by Gasteiger charge is 2.09. The molecule has 0 aliphatic carbocycles. The van der Waals surface area contributed by atoms with Crippen LogP contribution in [0.4, 0.5) is 0 Å². The summed E-state index contributed by atoms with van der Waals surface area (Å²) >= 11 is 0. The maximum absolute atomic E-state index is 11.0. The molecule has 2 N–H and O–H groups in total. The number of hydrogen-bond acceptors (Lipinski definition) is 5. The molecular formula is C12H16N4O2S. The Labute approximate surface area is 112 Å². The van der Waals surface area contributed by atoms with Gasteiger partial charge in [-0.2, -0.15) is 15.4 Å². The van der Waals surface area contributed by atoms with Gasteiger partial charge in [0.05, 0.1) is 5.75 Å². The fourth-order valence-corrected chi connectivity index (χ4v) is 2.18. The number of nitrogens with zero attached hydrogens (tertiary/aromatic N) is 2. The van der Waals surface area contributed by atoms with Crippen LogP contribution in [-0.4, -0.2) is 42.4 Å². The predicted octanol–water partition coefficient (Wildman–Crippen LogP) is 0.606. The summed E-state index contributed by atoms with van der Waals surface area (Å²) in [6.07, 6.45) is 1.22. The Morgan fingerprint density at radius 3 is 2.63 bits per heavy atom. The van der Waals surface area contributed by atoms with E-state index in [2.05, 4.69) is 20.7 Å². The zero-order valence-electron chi connectivity index (χ0n) is 10.6. The molecule has 0 saturated carbocycles. The summed E-state index contributed by atoms with van der Waals surface area (Å²) < 4.78 is 22.0. The third-order valence-corrected chi connectivity index (χ3v) is 3.56. The van der Waals surface area contributed by atoms with E-state index in [1.165, 1.54) is 6.26 Å². The molecule has 7 heteroatoms. The molecule has 0 amide bonds. The van der Waals surface area contributed by atoms with Crippen molar-refractivity contribution in [3.8, 4) is 11.3 Å². The first-order valence-corrected chi connectivity index (χ1v) is 7.96. The van der Waals surface area contributed by atoms with Crippen molar-refractivity contribution in [3.63, 3.8) is 0 Å². The monoisotopic (exact) mass is 280 g/mol. The number of nitrogens with one attached hydrogen (secondary N) is 2. The van der Waals surface area contributed by atoms with E-state index in [-0.39, 0.29) is 5.75 Å². The molecule has 1 heterocycles. The van der Waals surface area contributed by atoms with Gasteiger partial charge < -0.3 is 5.32 Å². The Kier molecular flexibility index (Phi) is 4.28. The lowest BCUT2D eigenvalue weighted by Gasteiger charge is -2.03. The topological polar surface area (TPSA) is 87.7 Å². The van der Waals surface area contributed by atoms with Crippen LogP contribution in [0.25, 0.3) is 11.3 Å². The minimum Gasteiger partial charge on any atom is -0.310 e. The largest absolute Gasteiger partial charge is 0.310 e. The summed E-state index contributed by atoms with van der Waals surface area (Å²) in [6.45, 7) is 0.885. The van der Waals surface area contributed by atoms with Crippen LogP contribution in [0.2, 0.25) is 0 Å². The van der Waals surface area contributed by atoms with Crippen LogP contribution in [0, 0.1) is 0 Å². The number of aromatic nitrogens is 3. The third-order valence-electron chi connectivity index (χ3n) is 2.61. The second-order valence-corrected chi connectivity index (χ2v) is 6.55. The first-order chi connectivity index (χ1) is 9.06. The van der Waals surface area contributed by atoms with E-state index in [4.69, 9.17) is 0 Å². The first-order valence-electron chi connectivity index (χ1n) is 5.90. The van der Waals surface area contributed by atoms with Crippen molar-refractivity contribution in [1.29, 1.82) is 0 Å². The van der Waals surface area contributed by atoms with Gasteiger partial charge in [-0.25, -0.2) is 8.42 Å². The standard InChI is InChI=1S/C12H16N4O2S/c1-19(17,18)8-7-13-9-11-12(15-16-14-11)10-5-3-2-4-6-10/h2-6,13H,7-9H2,1H3,(H,14,15,16). The molecule has 2 aromatic rings. The van der Waals surface area contributed by atoms with E-state index in [9.17, 15) is 8.42 Å². The van der Waals surface area contributed by atoms with Gasteiger partial charge in [0.2, 0.25) is 0 Å². The quantitative estimate of drug-likeness (QED) is 0.757. The molecular weight excluding hydrogens is 264 g/mol. The van der Waals surface area contributed by atoms with Crippen LogP contribution in [0.15, 0.2) is 30.3 Å². The molecule has 0 unspecified atom stereocenters. The highest BCUT2D eigenvalue weighted by atomic mass is 32.2. The molecule has 0 aliphatic heterocycles. The first kappa shape index (κ1) is 13.7. The van der Waals surface area contributed by atoms with Crippen LogP contribution in [0.3, 0.4) is 0 Å². The maximum Gasteiger partial charge on any atom is 0.148 e. The van der Waals surface area contributed by atoms with E-state index in [0.717, 1.165) is 17.0 Å². The van der Waals surface area contributed by atoms with Crippen molar-refractivity contribution in [3.05, 3.63) is 36.0 Å². The molecule has 19 heavy (non-hydrogen) atoms. The normalized spacial score (nSPS) is 11.6. The van der Waals surface area contributed by atoms with Crippen LogP contribution in [0.5, 0.6) is 0 Å². The van der Waals surface area contributed by atoms with Crippen LogP contribution >= 0.6 is 0 Å². The highest BCUT2D eigenvalue weighted by molar-refractivity contribution is 7.90. The Morgan fingerprint density at radius 1 is 1.21 bits per heavy atom. The van der Waals surface area contributed by atoms with Gasteiger partial charge >= 0.3 is 0 Å². The second-order valence-electron chi connectivity index (χ2n) is 4.29. The van der Waals surface area contributed by atoms with Gasteiger partial charge in [-0.15, -0.1) is 0 Å². The summed E-state index contributed by atoms with van der Waals surface area (Å²) in [5.74, 6) is 0.117. The Balaban J connectivity index is 1.97. The van der Waals surface area contributed by atoms with E-state index in [1.54, 1.807) is 0 Å². The highest BCUT2D eigenvalue weighted by Crippen LogP contribution is 2.18. The van der Waals surface area contributed by atoms with E-state index in [0.29, 0.717) is 13.1 Å². The summed E-state index contributed by atoms with van der Waals surface area (Å²) in [5, 5.41) is 13.8. The lowest BCUT2D eigenvalue weighted by atomic mass is 10.1. The maximum atomic E-state index is 11.0. The molecule has 1 aromatic carbocycles. The zero-order chi connectivity index (χ0) is 13.7. The average molecular weight is 280 g/mol. The molecule has 2 rings (SSSR count). The Bertz CT molecular complexity index is 622. The fraction of sp³-hybridized carbons (Fsp3) is 0.333. The van der Waals surface area contributed by atoms with E-state index in [1.807, 2.05) is 30.3 Å². The SMILES string of the molecule is CS(=O)(=O)CCNCc1n[nH]nc1-c1ccccc1. The molecule has 0 atom stereocenters. The lowest BCUT2D eigenvalue weighted by molar-refractivity contribution is 0.596. The van der Waals surface area contributed by atoms with Crippen molar-refractivity contribution in [1.82, 2.24) is 20.7 Å². The van der Waals surface area contributed by atoms with Crippen molar-refractivity contribution in [2.24, 2.45) is 0 Å². The second kappa shape index (κ2) is 5.94. The van der Waals surface area contributed by atoms with Gasteiger partial charge in [0, 0.05) is 24.9 Å². The van der Waals surface area contributed by atoms with Gasteiger partial charge in [0.1, 0.15) is 21.2 Å². The minimum absolute atomic E-state index is 0.117. The molecule has 0 radical (unpaired) electrons. The predicted molar refractivity (Wildman–Crippen MR) is 73.2 cm³/mol. The smallest absolute Gasteiger partial charge is 0.148 e. The zero-order valence-corrected chi connectivity index (χ0v) is 11.4. The summed E-state index contributed by atoms with van der Waals surface area (Å²) in [7, 11) is -2.93. The molecule has 0 saturated heterocycles. The van der Waals surface area contributed by atoms with E-state index >= 15 is 0 Å². The molecule has 102 valence electrons. The minimum atomic E-state index is -2.93.